The number of hydrogen-bond donors (Lipinski definition) is 0. The van der Waals surface area contributed by atoms with Crippen LogP contribution in [0.25, 0.3) is 10.9 Å². The highest BCUT2D eigenvalue weighted by Gasteiger charge is 2.34. The van der Waals surface area contributed by atoms with E-state index in [0.29, 0.717) is 16.5 Å². The fourth-order valence-electron chi connectivity index (χ4n) is 5.20. The molecule has 0 saturated carbocycles. The zero-order valence-corrected chi connectivity index (χ0v) is 21.5. The Morgan fingerprint density at radius 3 is 2.40 bits per heavy atom. The molecular weight excluding hydrogens is 444 g/mol. The summed E-state index contributed by atoms with van der Waals surface area (Å²) in [6.07, 6.45) is 7.65. The van der Waals surface area contributed by atoms with Crippen LogP contribution in [0.2, 0.25) is 0 Å². The maximum absolute atomic E-state index is 13.4. The molecule has 7 heteroatoms. The number of carbonyl (C=O) groups is 3. The van der Waals surface area contributed by atoms with Gasteiger partial charge in [-0.05, 0) is 69.4 Å². The summed E-state index contributed by atoms with van der Waals surface area (Å²) in [5, 5.41) is 0.693. The van der Waals surface area contributed by atoms with Gasteiger partial charge >= 0.3 is 11.9 Å². The Balaban J connectivity index is 1.84. The normalized spacial score (nSPS) is 18.5. The molecule has 4 rings (SSSR count). The van der Waals surface area contributed by atoms with Crippen molar-refractivity contribution >= 4 is 28.6 Å². The molecular formula is C28H36N2O5. The second-order valence-corrected chi connectivity index (χ2v) is 10.7. The number of likely N-dealkylation sites (tertiary alicyclic amines) is 1. The monoisotopic (exact) mass is 480 g/mol. The fourth-order valence-corrected chi connectivity index (χ4v) is 5.20. The summed E-state index contributed by atoms with van der Waals surface area (Å²) in [4.78, 5) is 46.6. The number of Topliss-reactive ketones (excluding diaryl/α,β-unsaturated/α-hetero) is 1. The van der Waals surface area contributed by atoms with Gasteiger partial charge in [0.1, 0.15) is 0 Å². The molecule has 2 aliphatic rings. The van der Waals surface area contributed by atoms with Gasteiger partial charge in [-0.25, -0.2) is 9.59 Å². The van der Waals surface area contributed by atoms with Crippen LogP contribution >= 0.6 is 0 Å². The van der Waals surface area contributed by atoms with Gasteiger partial charge < -0.3 is 14.5 Å². The number of aromatic nitrogens is 1. The number of nitrogens with zero attached hydrogens (tertiary/aromatic N) is 2. The molecule has 188 valence electrons. The Morgan fingerprint density at radius 2 is 1.74 bits per heavy atom. The molecule has 2 aliphatic heterocycles. The number of ketones is 1. The van der Waals surface area contributed by atoms with E-state index in [1.165, 1.54) is 24.0 Å². The smallest absolute Gasteiger partial charge is 0.356 e. The highest BCUT2D eigenvalue weighted by atomic mass is 16.7. The number of benzene rings is 1. The van der Waals surface area contributed by atoms with E-state index in [-0.39, 0.29) is 17.5 Å². The van der Waals surface area contributed by atoms with E-state index in [1.807, 2.05) is 27.7 Å². The average Bonchev–Trinajstić information content (AvgIpc) is 3.08. The number of ether oxygens (including phenoxy) is 1. The molecule has 2 aromatic rings. The number of carbonyl (C=O) groups excluding carboxylic acids is 3. The third kappa shape index (κ3) is 5.06. The van der Waals surface area contributed by atoms with E-state index < -0.39 is 17.4 Å². The molecule has 7 nitrogen and oxygen atoms in total. The maximum atomic E-state index is 13.4. The van der Waals surface area contributed by atoms with E-state index in [0.717, 1.165) is 55.9 Å². The van der Waals surface area contributed by atoms with E-state index in [9.17, 15) is 14.4 Å². The summed E-state index contributed by atoms with van der Waals surface area (Å²) in [5.41, 5.74) is 2.13. The van der Waals surface area contributed by atoms with Crippen LogP contribution in [0.4, 0.5) is 0 Å². The van der Waals surface area contributed by atoms with Gasteiger partial charge in [0.05, 0.1) is 22.2 Å². The molecule has 1 aromatic carbocycles. The van der Waals surface area contributed by atoms with Gasteiger partial charge in [-0.2, -0.15) is 4.73 Å². The first-order valence-electron chi connectivity index (χ1n) is 12.7. The molecule has 0 N–H and O–H groups in total. The lowest BCUT2D eigenvalue weighted by molar-refractivity contribution is -0.138. The van der Waals surface area contributed by atoms with E-state index >= 15 is 0 Å². The summed E-state index contributed by atoms with van der Waals surface area (Å²) >= 11 is 0. The molecule has 4 bridgehead atoms. The van der Waals surface area contributed by atoms with Crippen LogP contribution in [0, 0.1) is 12.3 Å². The fraction of sp³-hybridized carbons (Fsp3) is 0.536. The van der Waals surface area contributed by atoms with E-state index in [1.54, 1.807) is 12.1 Å². The Labute approximate surface area is 207 Å². The minimum Gasteiger partial charge on any atom is -0.422 e. The largest absolute Gasteiger partial charge is 0.422 e. The number of esters is 1. The van der Waals surface area contributed by atoms with Crippen LogP contribution in [0.1, 0.15) is 87.3 Å². The van der Waals surface area contributed by atoms with Gasteiger partial charge in [0.25, 0.3) is 0 Å². The summed E-state index contributed by atoms with van der Waals surface area (Å²) in [6, 6.07) is 3.47. The molecule has 0 amide bonds. The molecule has 0 atom stereocenters. The summed E-state index contributed by atoms with van der Waals surface area (Å²) in [5.74, 6) is -1.01. The predicted molar refractivity (Wildman–Crippen MR) is 135 cm³/mol. The van der Waals surface area contributed by atoms with E-state index in [2.05, 4.69) is 11.8 Å². The zero-order valence-electron chi connectivity index (χ0n) is 21.5. The van der Waals surface area contributed by atoms with Gasteiger partial charge in [0.2, 0.25) is 0 Å². The van der Waals surface area contributed by atoms with Gasteiger partial charge in [-0.3, -0.25) is 4.79 Å². The quantitative estimate of drug-likeness (QED) is 0.251. The Hall–Kier alpha value is -2.93. The first-order chi connectivity index (χ1) is 16.6. The van der Waals surface area contributed by atoms with Crippen LogP contribution in [-0.4, -0.2) is 47.0 Å². The highest BCUT2D eigenvalue weighted by molar-refractivity contribution is 6.09. The number of rotatable bonds is 6. The molecule has 3 heterocycles. The highest BCUT2D eigenvalue weighted by Crippen LogP contribution is 2.44. The number of piperidine rings is 1. The molecule has 1 saturated heterocycles. The summed E-state index contributed by atoms with van der Waals surface area (Å²) in [6.45, 7) is 12.8. The lowest BCUT2D eigenvalue weighted by atomic mass is 9.83. The Morgan fingerprint density at radius 1 is 1.06 bits per heavy atom. The van der Waals surface area contributed by atoms with Crippen molar-refractivity contribution in [2.75, 3.05) is 19.6 Å². The first-order valence-corrected chi connectivity index (χ1v) is 12.7. The van der Waals surface area contributed by atoms with Crippen molar-refractivity contribution in [2.45, 2.75) is 72.6 Å². The van der Waals surface area contributed by atoms with Crippen molar-refractivity contribution in [1.29, 1.82) is 0 Å². The lowest BCUT2D eigenvalue weighted by Gasteiger charge is -2.32. The lowest BCUT2D eigenvalue weighted by Crippen LogP contribution is -2.33. The average molecular weight is 481 g/mol. The molecule has 0 radical (unpaired) electrons. The molecule has 0 spiro atoms. The third-order valence-corrected chi connectivity index (χ3v) is 7.06. The van der Waals surface area contributed by atoms with Crippen LogP contribution < -0.4 is 9.57 Å². The minimum absolute atomic E-state index is 0.109. The van der Waals surface area contributed by atoms with Crippen LogP contribution in [-0.2, 0) is 9.59 Å². The summed E-state index contributed by atoms with van der Waals surface area (Å²) in [7, 11) is 0. The SMILES string of the molecule is CCCCCN1CCC(c2c(C)n3c4ccc(C(=O)C(C)(C)C)c(c24)OC(=O)/C=C/C(=O)O3)CC1. The molecule has 0 aliphatic carbocycles. The first kappa shape index (κ1) is 25.2. The Bertz CT molecular complexity index is 1180. The summed E-state index contributed by atoms with van der Waals surface area (Å²) < 4.78 is 7.33. The second kappa shape index (κ2) is 9.97. The second-order valence-electron chi connectivity index (χ2n) is 10.7. The van der Waals surface area contributed by atoms with Crippen LogP contribution in [0.3, 0.4) is 0 Å². The standard InChI is InChI=1S/C28H36N2O5/c1-6-7-8-15-29-16-13-19(14-17-29)24-18(2)30-21-10-9-20(27(33)28(3,4)5)26(25(21)24)34-22(31)11-12-23(32)35-30/h9-12,19H,6-8,13-17H2,1-5H3/b12-11+. The molecule has 0 unspecified atom stereocenters. The van der Waals surface area contributed by atoms with Gasteiger partial charge in [0.15, 0.2) is 11.5 Å². The number of hydrogen-bond acceptors (Lipinski definition) is 6. The van der Waals surface area contributed by atoms with Gasteiger partial charge in [0, 0.05) is 17.6 Å². The molecule has 35 heavy (non-hydrogen) atoms. The van der Waals surface area contributed by atoms with E-state index in [4.69, 9.17) is 9.57 Å². The van der Waals surface area contributed by atoms with Crippen molar-refractivity contribution in [2.24, 2.45) is 5.41 Å². The zero-order chi connectivity index (χ0) is 25.3. The maximum Gasteiger partial charge on any atom is 0.356 e. The van der Waals surface area contributed by atoms with Crippen molar-refractivity contribution in [1.82, 2.24) is 9.63 Å². The van der Waals surface area contributed by atoms with Gasteiger partial charge in [-0.1, -0.05) is 40.5 Å². The molecule has 1 fully saturated rings. The van der Waals surface area contributed by atoms with Crippen molar-refractivity contribution < 1.29 is 24.0 Å². The van der Waals surface area contributed by atoms with Gasteiger partial charge in [-0.15, -0.1) is 0 Å². The minimum atomic E-state index is -0.707. The van der Waals surface area contributed by atoms with Crippen molar-refractivity contribution in [3.05, 3.63) is 41.1 Å². The predicted octanol–water partition coefficient (Wildman–Crippen LogP) is 4.98. The number of unbranched alkanes of at least 4 members (excludes halogenated alkanes) is 2. The van der Waals surface area contributed by atoms with Crippen LogP contribution in [0.15, 0.2) is 24.3 Å². The third-order valence-electron chi connectivity index (χ3n) is 7.06. The van der Waals surface area contributed by atoms with Crippen molar-refractivity contribution in [3.8, 4) is 5.75 Å². The topological polar surface area (TPSA) is 77.8 Å². The molecule has 1 aromatic heterocycles. The van der Waals surface area contributed by atoms with Crippen molar-refractivity contribution in [3.63, 3.8) is 0 Å². The Kier molecular flexibility index (Phi) is 7.17. The van der Waals surface area contributed by atoms with Crippen LogP contribution in [0.5, 0.6) is 5.75 Å².